The van der Waals surface area contributed by atoms with Crippen LogP contribution >= 0.6 is 11.6 Å². The molecule has 3 aromatic carbocycles. The molecule has 1 N–H and O–H groups in total. The molecule has 1 atom stereocenters. The number of benzene rings is 3. The fraction of sp³-hybridized carbons (Fsp3) is 0.259. The van der Waals surface area contributed by atoms with E-state index in [4.69, 9.17) is 11.6 Å². The molecular formula is C27H28ClFN2O2. The summed E-state index contributed by atoms with van der Waals surface area (Å²) in [5.74, 6) is -0.801. The van der Waals surface area contributed by atoms with E-state index in [1.54, 1.807) is 29.2 Å². The monoisotopic (exact) mass is 466 g/mol. The standard InChI is InChI=1S/C27H28ClFN2O2/c1-19(2)30-27(33)25(16-20-7-4-3-5-8-20)31(18-22-9-6-10-23(28)15-22)26(32)17-21-11-13-24(29)14-12-21/h3-15,19,25H,16-18H2,1-2H3,(H,30,33)/t25-/m1/s1. The first-order chi connectivity index (χ1) is 15.8. The van der Waals surface area contributed by atoms with Gasteiger partial charge in [0.1, 0.15) is 11.9 Å². The van der Waals surface area contributed by atoms with Gasteiger partial charge in [0.2, 0.25) is 11.8 Å². The maximum Gasteiger partial charge on any atom is 0.243 e. The third-order valence-electron chi connectivity index (χ3n) is 5.21. The molecule has 0 aliphatic heterocycles. The van der Waals surface area contributed by atoms with Crippen LogP contribution in [0.3, 0.4) is 0 Å². The number of carbonyl (C=O) groups excluding carboxylic acids is 2. The molecule has 4 nitrogen and oxygen atoms in total. The van der Waals surface area contributed by atoms with Crippen LogP contribution in [0.15, 0.2) is 78.9 Å². The van der Waals surface area contributed by atoms with Crippen molar-refractivity contribution in [3.63, 3.8) is 0 Å². The van der Waals surface area contributed by atoms with Gasteiger partial charge in [-0.25, -0.2) is 4.39 Å². The zero-order valence-electron chi connectivity index (χ0n) is 18.8. The highest BCUT2D eigenvalue weighted by Gasteiger charge is 2.30. The third kappa shape index (κ3) is 7.43. The Morgan fingerprint density at radius 3 is 2.21 bits per heavy atom. The lowest BCUT2D eigenvalue weighted by molar-refractivity contribution is -0.141. The highest BCUT2D eigenvalue weighted by atomic mass is 35.5. The van der Waals surface area contributed by atoms with Gasteiger partial charge in [-0.1, -0.05) is 66.2 Å². The first-order valence-electron chi connectivity index (χ1n) is 10.9. The van der Waals surface area contributed by atoms with Gasteiger partial charge in [0.05, 0.1) is 6.42 Å². The summed E-state index contributed by atoms with van der Waals surface area (Å²) in [5.41, 5.74) is 2.46. The van der Waals surface area contributed by atoms with Crippen molar-refractivity contribution in [2.75, 3.05) is 0 Å². The molecular weight excluding hydrogens is 439 g/mol. The molecule has 0 aromatic heterocycles. The SMILES string of the molecule is CC(C)NC(=O)[C@@H](Cc1ccccc1)N(Cc1cccc(Cl)c1)C(=O)Cc1ccc(F)cc1. The van der Waals surface area contributed by atoms with Gasteiger partial charge in [-0.2, -0.15) is 0 Å². The van der Waals surface area contributed by atoms with Gasteiger partial charge >= 0.3 is 0 Å². The Labute approximate surface area is 199 Å². The summed E-state index contributed by atoms with van der Waals surface area (Å²) in [6.07, 6.45) is 0.427. The first kappa shape index (κ1) is 24.5. The average Bonchev–Trinajstić information content (AvgIpc) is 2.78. The van der Waals surface area contributed by atoms with E-state index in [1.165, 1.54) is 12.1 Å². The number of hydrogen-bond donors (Lipinski definition) is 1. The first-order valence-corrected chi connectivity index (χ1v) is 11.3. The van der Waals surface area contributed by atoms with Crippen LogP contribution in [0, 0.1) is 5.82 Å². The molecule has 0 fully saturated rings. The second kappa shape index (κ2) is 11.6. The minimum atomic E-state index is -0.721. The third-order valence-corrected chi connectivity index (χ3v) is 5.45. The minimum absolute atomic E-state index is 0.0566. The van der Waals surface area contributed by atoms with Gasteiger partial charge in [0.15, 0.2) is 0 Å². The fourth-order valence-corrected chi connectivity index (χ4v) is 3.86. The van der Waals surface area contributed by atoms with Gasteiger partial charge < -0.3 is 10.2 Å². The lowest BCUT2D eigenvalue weighted by atomic mass is 10.0. The minimum Gasteiger partial charge on any atom is -0.352 e. The van der Waals surface area contributed by atoms with E-state index in [9.17, 15) is 14.0 Å². The molecule has 0 unspecified atom stereocenters. The van der Waals surface area contributed by atoms with E-state index in [-0.39, 0.29) is 36.6 Å². The molecule has 2 amide bonds. The van der Waals surface area contributed by atoms with Crippen molar-refractivity contribution in [3.8, 4) is 0 Å². The summed E-state index contributed by atoms with van der Waals surface area (Å²) >= 11 is 6.17. The van der Waals surface area contributed by atoms with E-state index in [2.05, 4.69) is 5.32 Å². The molecule has 0 saturated carbocycles. The number of nitrogens with zero attached hydrogens (tertiary/aromatic N) is 1. The van der Waals surface area contributed by atoms with Gasteiger partial charge in [-0.05, 0) is 54.8 Å². The van der Waals surface area contributed by atoms with Crippen LogP contribution in [0.1, 0.15) is 30.5 Å². The topological polar surface area (TPSA) is 49.4 Å². The van der Waals surface area contributed by atoms with Crippen LogP contribution in [0.4, 0.5) is 4.39 Å². The van der Waals surface area contributed by atoms with Crippen molar-refractivity contribution in [3.05, 3.63) is 106 Å². The molecule has 33 heavy (non-hydrogen) atoms. The Kier molecular flexibility index (Phi) is 8.61. The molecule has 0 aliphatic carbocycles. The molecule has 3 rings (SSSR count). The maximum atomic E-state index is 13.5. The lowest BCUT2D eigenvalue weighted by Crippen LogP contribution is -2.52. The number of halogens is 2. The summed E-state index contributed by atoms with van der Waals surface area (Å²) in [6, 6.07) is 21.9. The van der Waals surface area contributed by atoms with E-state index < -0.39 is 6.04 Å². The van der Waals surface area contributed by atoms with Crippen LogP contribution in [-0.4, -0.2) is 28.8 Å². The second-order valence-corrected chi connectivity index (χ2v) is 8.76. The summed E-state index contributed by atoms with van der Waals surface area (Å²) in [5, 5.41) is 3.52. The van der Waals surface area contributed by atoms with Crippen LogP contribution in [0.2, 0.25) is 5.02 Å². The highest BCUT2D eigenvalue weighted by molar-refractivity contribution is 6.30. The zero-order valence-corrected chi connectivity index (χ0v) is 19.6. The summed E-state index contributed by atoms with van der Waals surface area (Å²) in [6.45, 7) is 4.00. The molecule has 0 heterocycles. The normalized spacial score (nSPS) is 11.8. The van der Waals surface area contributed by atoms with Crippen molar-refractivity contribution in [1.82, 2.24) is 10.2 Å². The quantitative estimate of drug-likeness (QED) is 0.472. The number of nitrogens with one attached hydrogen (secondary N) is 1. The van der Waals surface area contributed by atoms with Gasteiger partial charge in [-0.15, -0.1) is 0 Å². The molecule has 172 valence electrons. The van der Waals surface area contributed by atoms with Crippen LogP contribution in [0.5, 0.6) is 0 Å². The van der Waals surface area contributed by atoms with E-state index in [0.717, 1.165) is 11.1 Å². The largest absolute Gasteiger partial charge is 0.352 e. The Balaban J connectivity index is 1.96. The van der Waals surface area contributed by atoms with E-state index >= 15 is 0 Å². The van der Waals surface area contributed by atoms with Crippen molar-refractivity contribution in [2.45, 2.75) is 45.3 Å². The Morgan fingerprint density at radius 1 is 0.909 bits per heavy atom. The summed E-state index contributed by atoms with van der Waals surface area (Å²) in [4.78, 5) is 28.4. The van der Waals surface area contributed by atoms with Gasteiger partial charge in [-0.3, -0.25) is 9.59 Å². The molecule has 3 aromatic rings. The van der Waals surface area contributed by atoms with E-state index in [0.29, 0.717) is 17.0 Å². The van der Waals surface area contributed by atoms with Crippen molar-refractivity contribution >= 4 is 23.4 Å². The number of amides is 2. The van der Waals surface area contributed by atoms with Crippen molar-refractivity contribution in [1.29, 1.82) is 0 Å². The highest BCUT2D eigenvalue weighted by Crippen LogP contribution is 2.19. The molecule has 0 bridgehead atoms. The number of carbonyl (C=O) groups is 2. The van der Waals surface area contributed by atoms with Gasteiger partial charge in [0.25, 0.3) is 0 Å². The Morgan fingerprint density at radius 2 is 1.58 bits per heavy atom. The van der Waals surface area contributed by atoms with Crippen LogP contribution in [0.25, 0.3) is 0 Å². The van der Waals surface area contributed by atoms with Crippen molar-refractivity contribution in [2.24, 2.45) is 0 Å². The Bertz CT molecular complexity index is 1070. The predicted octanol–water partition coefficient (Wildman–Crippen LogP) is 5.19. The predicted molar refractivity (Wildman–Crippen MR) is 129 cm³/mol. The van der Waals surface area contributed by atoms with E-state index in [1.807, 2.05) is 56.3 Å². The summed E-state index contributed by atoms with van der Waals surface area (Å²) < 4.78 is 13.3. The van der Waals surface area contributed by atoms with Crippen LogP contribution in [-0.2, 0) is 29.0 Å². The lowest BCUT2D eigenvalue weighted by Gasteiger charge is -2.32. The number of hydrogen-bond acceptors (Lipinski definition) is 2. The smallest absolute Gasteiger partial charge is 0.243 e. The molecule has 0 aliphatic rings. The molecule has 0 spiro atoms. The number of rotatable bonds is 9. The molecule has 0 radical (unpaired) electrons. The second-order valence-electron chi connectivity index (χ2n) is 8.32. The summed E-state index contributed by atoms with van der Waals surface area (Å²) in [7, 11) is 0. The van der Waals surface area contributed by atoms with Gasteiger partial charge in [0, 0.05) is 24.0 Å². The zero-order chi connectivity index (χ0) is 23.8. The fourth-order valence-electron chi connectivity index (χ4n) is 3.65. The average molecular weight is 467 g/mol. The Hall–Kier alpha value is -3.18. The van der Waals surface area contributed by atoms with Crippen LogP contribution < -0.4 is 5.32 Å². The van der Waals surface area contributed by atoms with Crippen molar-refractivity contribution < 1.29 is 14.0 Å². The maximum absolute atomic E-state index is 13.5. The molecule has 0 saturated heterocycles. The molecule has 6 heteroatoms.